The minimum absolute atomic E-state index is 0.114. The van der Waals surface area contributed by atoms with Gasteiger partial charge >= 0.3 is 0 Å². The smallest absolute Gasteiger partial charge is 0.261 e. The highest BCUT2D eigenvalue weighted by atomic mass is 32.1. The number of nitrogens with zero attached hydrogens (tertiary/aromatic N) is 2. The molecule has 0 bridgehead atoms. The molecule has 0 atom stereocenters. The average molecular weight is 391 g/mol. The van der Waals surface area contributed by atoms with Crippen molar-refractivity contribution in [1.82, 2.24) is 15.3 Å². The van der Waals surface area contributed by atoms with Crippen molar-refractivity contribution >= 4 is 61.5 Å². The molecule has 0 saturated heterocycles. The van der Waals surface area contributed by atoms with Gasteiger partial charge in [0.15, 0.2) is 0 Å². The number of carbonyl (C=O) groups is 2. The van der Waals surface area contributed by atoms with Gasteiger partial charge in [-0.2, -0.15) is 0 Å². The topological polar surface area (TPSA) is 96.0 Å². The molecule has 3 N–H and O–H groups in total. The summed E-state index contributed by atoms with van der Waals surface area (Å²) in [5, 5.41) is 10.4. The van der Waals surface area contributed by atoms with E-state index in [1.165, 1.54) is 18.3 Å². The van der Waals surface area contributed by atoms with E-state index in [1.54, 1.807) is 13.2 Å². The van der Waals surface area contributed by atoms with Crippen LogP contribution in [0.1, 0.15) is 16.6 Å². The highest BCUT2D eigenvalue weighted by Gasteiger charge is 2.12. The summed E-state index contributed by atoms with van der Waals surface area (Å²) in [6, 6.07) is 13.1. The molecule has 2 heterocycles. The van der Waals surface area contributed by atoms with Crippen molar-refractivity contribution in [3.05, 3.63) is 53.5 Å². The average Bonchev–Trinajstić information content (AvgIpc) is 3.12. The standard InChI is InChI=1S/C20H17N5O2S/c1-11(26)23-13-4-3-5-14(8-13)24-20-22-10-12-6-7-16-15(18(12)25-20)9-17(28-16)19(27)21-2/h3-10H,1-2H3,(H,21,27)(H,23,26)(H,22,24,25). The molecular weight excluding hydrogens is 374 g/mol. The van der Waals surface area contributed by atoms with Crippen LogP contribution in [0.2, 0.25) is 0 Å². The van der Waals surface area contributed by atoms with Crippen LogP contribution in [0, 0.1) is 0 Å². The van der Waals surface area contributed by atoms with Gasteiger partial charge in [0.1, 0.15) is 0 Å². The van der Waals surface area contributed by atoms with Gasteiger partial charge in [-0.3, -0.25) is 9.59 Å². The first kappa shape index (κ1) is 17.9. The van der Waals surface area contributed by atoms with E-state index in [0.29, 0.717) is 16.5 Å². The number of amides is 2. The van der Waals surface area contributed by atoms with Crippen LogP contribution >= 0.6 is 11.3 Å². The second-order valence-corrected chi connectivity index (χ2v) is 7.27. The molecule has 0 unspecified atom stereocenters. The lowest BCUT2D eigenvalue weighted by Gasteiger charge is -2.08. The Morgan fingerprint density at radius 3 is 2.68 bits per heavy atom. The largest absolute Gasteiger partial charge is 0.354 e. The molecule has 2 amide bonds. The highest BCUT2D eigenvalue weighted by molar-refractivity contribution is 7.21. The van der Waals surface area contributed by atoms with Crippen molar-refractivity contribution < 1.29 is 9.59 Å². The zero-order valence-corrected chi connectivity index (χ0v) is 16.1. The molecule has 0 aliphatic rings. The van der Waals surface area contributed by atoms with Gasteiger partial charge in [0.05, 0.1) is 10.4 Å². The van der Waals surface area contributed by atoms with Crippen LogP contribution in [0.4, 0.5) is 17.3 Å². The number of anilines is 3. The third kappa shape index (κ3) is 3.49. The first-order chi connectivity index (χ1) is 13.5. The lowest BCUT2D eigenvalue weighted by molar-refractivity contribution is -0.114. The zero-order valence-electron chi connectivity index (χ0n) is 15.2. The number of benzene rings is 2. The molecule has 0 fully saturated rings. The van der Waals surface area contributed by atoms with Gasteiger partial charge in [-0.15, -0.1) is 11.3 Å². The predicted octanol–water partition coefficient (Wildman–Crippen LogP) is 3.91. The summed E-state index contributed by atoms with van der Waals surface area (Å²) in [7, 11) is 1.62. The highest BCUT2D eigenvalue weighted by Crippen LogP contribution is 2.31. The number of hydrogen-bond donors (Lipinski definition) is 3. The fourth-order valence-electron chi connectivity index (χ4n) is 2.91. The lowest BCUT2D eigenvalue weighted by Crippen LogP contribution is -2.15. The Kier molecular flexibility index (Phi) is 4.62. The van der Waals surface area contributed by atoms with Gasteiger partial charge in [-0.25, -0.2) is 9.97 Å². The maximum absolute atomic E-state index is 12.0. The fourth-order valence-corrected chi connectivity index (χ4v) is 3.92. The van der Waals surface area contributed by atoms with E-state index in [4.69, 9.17) is 0 Å². The van der Waals surface area contributed by atoms with Gasteiger partial charge in [-0.1, -0.05) is 6.07 Å². The predicted molar refractivity (Wildman–Crippen MR) is 112 cm³/mol. The van der Waals surface area contributed by atoms with Gasteiger partial charge in [-0.05, 0) is 36.4 Å². The van der Waals surface area contributed by atoms with Gasteiger partial charge in [0, 0.05) is 47.0 Å². The van der Waals surface area contributed by atoms with Crippen molar-refractivity contribution in [2.24, 2.45) is 0 Å². The number of hydrogen-bond acceptors (Lipinski definition) is 6. The number of rotatable bonds is 4. The molecule has 2 aromatic heterocycles. The molecular formula is C20H17N5O2S. The normalized spacial score (nSPS) is 10.8. The van der Waals surface area contributed by atoms with Crippen LogP contribution < -0.4 is 16.0 Å². The van der Waals surface area contributed by atoms with Crippen molar-refractivity contribution in [1.29, 1.82) is 0 Å². The summed E-state index contributed by atoms with van der Waals surface area (Å²) in [5.41, 5.74) is 2.22. The quantitative estimate of drug-likeness (QED) is 0.490. The Bertz CT molecular complexity index is 1220. The van der Waals surface area contributed by atoms with Crippen LogP contribution in [0.3, 0.4) is 0 Å². The van der Waals surface area contributed by atoms with Crippen molar-refractivity contribution in [3.63, 3.8) is 0 Å². The van der Waals surface area contributed by atoms with Crippen molar-refractivity contribution in [2.75, 3.05) is 17.7 Å². The summed E-state index contributed by atoms with van der Waals surface area (Å²) in [6.45, 7) is 1.46. The summed E-state index contributed by atoms with van der Waals surface area (Å²) in [4.78, 5) is 32.9. The fraction of sp³-hybridized carbons (Fsp3) is 0.100. The number of carbonyl (C=O) groups excluding carboxylic acids is 2. The van der Waals surface area contributed by atoms with Crippen LogP contribution in [-0.2, 0) is 4.79 Å². The Morgan fingerprint density at radius 2 is 1.89 bits per heavy atom. The Balaban J connectivity index is 1.72. The summed E-state index contributed by atoms with van der Waals surface area (Å²) < 4.78 is 0.989. The van der Waals surface area contributed by atoms with Gasteiger partial charge in [0.2, 0.25) is 11.9 Å². The van der Waals surface area contributed by atoms with E-state index >= 15 is 0 Å². The number of fused-ring (bicyclic) bond motifs is 3. The van der Waals surface area contributed by atoms with Crippen LogP contribution in [0.5, 0.6) is 0 Å². The molecule has 0 saturated carbocycles. The zero-order chi connectivity index (χ0) is 19.7. The minimum atomic E-state index is -0.133. The Hall–Kier alpha value is -3.52. The SMILES string of the molecule is CNC(=O)c1cc2c(ccc3cnc(Nc4cccc(NC(C)=O)c4)nc32)s1. The molecule has 0 radical (unpaired) electrons. The maximum atomic E-state index is 12.0. The van der Waals surface area contributed by atoms with E-state index in [-0.39, 0.29) is 11.8 Å². The molecule has 28 heavy (non-hydrogen) atoms. The molecule has 0 aliphatic carbocycles. The molecule has 0 aliphatic heterocycles. The second kappa shape index (κ2) is 7.24. The van der Waals surface area contributed by atoms with E-state index in [0.717, 1.165) is 26.7 Å². The molecule has 0 spiro atoms. The molecule has 2 aromatic carbocycles. The third-order valence-corrected chi connectivity index (χ3v) is 5.24. The number of aromatic nitrogens is 2. The summed E-state index contributed by atoms with van der Waals surface area (Å²) in [5.74, 6) is 0.190. The molecule has 4 rings (SSSR count). The van der Waals surface area contributed by atoms with Crippen LogP contribution in [0.15, 0.2) is 48.7 Å². The van der Waals surface area contributed by atoms with E-state index in [2.05, 4.69) is 25.9 Å². The molecule has 7 nitrogen and oxygen atoms in total. The Morgan fingerprint density at radius 1 is 1.07 bits per heavy atom. The second-order valence-electron chi connectivity index (χ2n) is 6.19. The number of thiophene rings is 1. The van der Waals surface area contributed by atoms with E-state index in [1.807, 2.05) is 42.5 Å². The minimum Gasteiger partial charge on any atom is -0.354 e. The monoisotopic (exact) mass is 391 g/mol. The molecule has 4 aromatic rings. The molecule has 8 heteroatoms. The van der Waals surface area contributed by atoms with Gasteiger partial charge in [0.25, 0.3) is 5.91 Å². The van der Waals surface area contributed by atoms with Gasteiger partial charge < -0.3 is 16.0 Å². The molecule has 140 valence electrons. The number of nitrogens with one attached hydrogen (secondary N) is 3. The lowest BCUT2D eigenvalue weighted by atomic mass is 10.2. The summed E-state index contributed by atoms with van der Waals surface area (Å²) >= 11 is 1.43. The van der Waals surface area contributed by atoms with Crippen LogP contribution in [0.25, 0.3) is 21.0 Å². The first-order valence-corrected chi connectivity index (χ1v) is 9.41. The van der Waals surface area contributed by atoms with Crippen molar-refractivity contribution in [3.8, 4) is 0 Å². The Labute approximate surface area is 164 Å². The van der Waals surface area contributed by atoms with E-state index < -0.39 is 0 Å². The third-order valence-electron chi connectivity index (χ3n) is 4.14. The van der Waals surface area contributed by atoms with Crippen molar-refractivity contribution in [2.45, 2.75) is 6.92 Å². The summed E-state index contributed by atoms with van der Waals surface area (Å²) in [6.07, 6.45) is 1.75. The van der Waals surface area contributed by atoms with Crippen LogP contribution in [-0.4, -0.2) is 28.8 Å². The first-order valence-electron chi connectivity index (χ1n) is 8.59. The van der Waals surface area contributed by atoms with E-state index in [9.17, 15) is 9.59 Å². The maximum Gasteiger partial charge on any atom is 0.261 e.